The van der Waals surface area contributed by atoms with Gasteiger partial charge in [0.1, 0.15) is 19.0 Å². The third-order valence-corrected chi connectivity index (χ3v) is 4.29. The van der Waals surface area contributed by atoms with E-state index in [0.717, 1.165) is 11.3 Å². The average Bonchev–Trinajstić information content (AvgIpc) is 3.12. The van der Waals surface area contributed by atoms with Crippen LogP contribution in [0.2, 0.25) is 0 Å². The summed E-state index contributed by atoms with van der Waals surface area (Å²) in [4.78, 5) is 5.47. The molecular weight excluding hydrogens is 294 g/mol. The quantitative estimate of drug-likeness (QED) is 0.571. The van der Waals surface area contributed by atoms with E-state index < -0.39 is 0 Å². The molecular formula is C18H25NO4. The average molecular weight is 319 g/mol. The van der Waals surface area contributed by atoms with Crippen LogP contribution in [-0.4, -0.2) is 38.9 Å². The molecule has 0 N–H and O–H groups in total. The molecule has 0 unspecified atom stereocenters. The molecule has 1 aromatic rings. The van der Waals surface area contributed by atoms with Crippen molar-refractivity contribution in [3.05, 3.63) is 29.8 Å². The third kappa shape index (κ3) is 5.22. The van der Waals surface area contributed by atoms with Crippen molar-refractivity contribution in [1.82, 2.24) is 0 Å². The van der Waals surface area contributed by atoms with Gasteiger partial charge in [-0.15, -0.1) is 0 Å². The maximum atomic E-state index is 5.77. The Hall–Kier alpha value is -1.59. The molecule has 0 amide bonds. The summed E-state index contributed by atoms with van der Waals surface area (Å²) < 4.78 is 16.5. The molecule has 2 aliphatic rings. The van der Waals surface area contributed by atoms with Crippen molar-refractivity contribution in [2.45, 2.75) is 38.4 Å². The molecule has 23 heavy (non-hydrogen) atoms. The first kappa shape index (κ1) is 16.3. The van der Waals surface area contributed by atoms with E-state index in [9.17, 15) is 0 Å². The van der Waals surface area contributed by atoms with Gasteiger partial charge >= 0.3 is 0 Å². The number of para-hydroxylation sites is 1. The zero-order chi connectivity index (χ0) is 15.7. The van der Waals surface area contributed by atoms with E-state index in [0.29, 0.717) is 32.3 Å². The SMILES string of the molecule is C(=N\OCC1CCCCC1)/c1ccccc1OCC1OCCO1. The largest absolute Gasteiger partial charge is 0.488 e. The molecule has 1 aliphatic heterocycles. The summed E-state index contributed by atoms with van der Waals surface area (Å²) in [6.45, 7) is 2.36. The van der Waals surface area contributed by atoms with Gasteiger partial charge in [0, 0.05) is 5.56 Å². The Bertz CT molecular complexity index is 494. The van der Waals surface area contributed by atoms with Crippen molar-refractivity contribution in [2.24, 2.45) is 11.1 Å². The van der Waals surface area contributed by atoms with Gasteiger partial charge in [0.2, 0.25) is 0 Å². The summed E-state index contributed by atoms with van der Waals surface area (Å²) >= 11 is 0. The van der Waals surface area contributed by atoms with E-state index in [2.05, 4.69) is 5.16 Å². The molecule has 0 radical (unpaired) electrons. The normalized spacial score (nSPS) is 20.2. The van der Waals surface area contributed by atoms with Crippen LogP contribution in [0.15, 0.2) is 29.4 Å². The Kier molecular flexibility index (Phi) is 6.29. The molecule has 2 fully saturated rings. The Morgan fingerprint density at radius 1 is 1.04 bits per heavy atom. The molecule has 0 bridgehead atoms. The minimum absolute atomic E-state index is 0.275. The summed E-state index contributed by atoms with van der Waals surface area (Å²) in [7, 11) is 0. The van der Waals surface area contributed by atoms with Crippen molar-refractivity contribution in [1.29, 1.82) is 0 Å². The molecule has 1 aromatic carbocycles. The molecule has 3 rings (SSSR count). The number of hydrogen-bond acceptors (Lipinski definition) is 5. The summed E-state index contributed by atoms with van der Waals surface area (Å²) in [6.07, 6.45) is 7.96. The van der Waals surface area contributed by atoms with Gasteiger partial charge in [0.25, 0.3) is 0 Å². The van der Waals surface area contributed by atoms with Crippen LogP contribution in [-0.2, 0) is 14.3 Å². The number of rotatable bonds is 7. The Balaban J connectivity index is 1.47. The predicted octanol–water partition coefficient (Wildman–Crippen LogP) is 3.37. The molecule has 1 saturated heterocycles. The maximum Gasteiger partial charge on any atom is 0.191 e. The minimum Gasteiger partial charge on any atom is -0.488 e. The summed E-state index contributed by atoms with van der Waals surface area (Å²) in [5, 5.41) is 4.11. The zero-order valence-electron chi connectivity index (χ0n) is 13.5. The highest BCUT2D eigenvalue weighted by Crippen LogP contribution is 2.23. The lowest BCUT2D eigenvalue weighted by Crippen LogP contribution is -2.18. The number of ether oxygens (including phenoxy) is 3. The van der Waals surface area contributed by atoms with Gasteiger partial charge in [-0.1, -0.05) is 36.6 Å². The predicted molar refractivity (Wildman–Crippen MR) is 87.8 cm³/mol. The number of hydrogen-bond donors (Lipinski definition) is 0. The fraction of sp³-hybridized carbons (Fsp3) is 0.611. The number of nitrogens with zero attached hydrogens (tertiary/aromatic N) is 1. The van der Waals surface area contributed by atoms with Crippen LogP contribution in [0.5, 0.6) is 5.75 Å². The van der Waals surface area contributed by atoms with Gasteiger partial charge in [-0.3, -0.25) is 0 Å². The second-order valence-electron chi connectivity index (χ2n) is 6.05. The molecule has 1 aliphatic carbocycles. The molecule has 0 atom stereocenters. The molecule has 0 spiro atoms. The fourth-order valence-corrected chi connectivity index (χ4v) is 2.98. The van der Waals surface area contributed by atoms with Gasteiger partial charge in [0.05, 0.1) is 19.4 Å². The van der Waals surface area contributed by atoms with E-state index in [1.807, 2.05) is 24.3 Å². The molecule has 126 valence electrons. The van der Waals surface area contributed by atoms with E-state index in [-0.39, 0.29) is 6.29 Å². The lowest BCUT2D eigenvalue weighted by atomic mass is 9.90. The van der Waals surface area contributed by atoms with Crippen LogP contribution >= 0.6 is 0 Å². The first-order valence-corrected chi connectivity index (χ1v) is 8.52. The van der Waals surface area contributed by atoms with Gasteiger partial charge in [-0.25, -0.2) is 0 Å². The van der Waals surface area contributed by atoms with Crippen LogP contribution in [0.3, 0.4) is 0 Å². The van der Waals surface area contributed by atoms with Crippen LogP contribution < -0.4 is 4.74 Å². The molecule has 1 heterocycles. The Morgan fingerprint density at radius 3 is 2.65 bits per heavy atom. The molecule has 1 saturated carbocycles. The second kappa shape index (κ2) is 8.89. The highest BCUT2D eigenvalue weighted by molar-refractivity contribution is 5.83. The van der Waals surface area contributed by atoms with Crippen LogP contribution in [0.4, 0.5) is 0 Å². The van der Waals surface area contributed by atoms with Gasteiger partial charge < -0.3 is 19.0 Å². The summed E-state index contributed by atoms with van der Waals surface area (Å²) in [6, 6.07) is 7.76. The maximum absolute atomic E-state index is 5.77. The van der Waals surface area contributed by atoms with E-state index in [4.69, 9.17) is 19.0 Å². The highest BCUT2D eigenvalue weighted by atomic mass is 16.7. The van der Waals surface area contributed by atoms with Gasteiger partial charge in [-0.05, 0) is 30.9 Å². The molecule has 5 heteroatoms. The minimum atomic E-state index is -0.275. The molecule has 5 nitrogen and oxygen atoms in total. The lowest BCUT2D eigenvalue weighted by Gasteiger charge is -2.19. The number of benzene rings is 1. The summed E-state index contributed by atoms with van der Waals surface area (Å²) in [5.74, 6) is 1.42. The van der Waals surface area contributed by atoms with Gasteiger partial charge in [-0.2, -0.15) is 0 Å². The van der Waals surface area contributed by atoms with Crippen LogP contribution in [0.1, 0.15) is 37.7 Å². The fourth-order valence-electron chi connectivity index (χ4n) is 2.98. The van der Waals surface area contributed by atoms with E-state index in [1.165, 1.54) is 32.1 Å². The van der Waals surface area contributed by atoms with E-state index in [1.54, 1.807) is 6.21 Å². The summed E-state index contributed by atoms with van der Waals surface area (Å²) in [5.41, 5.74) is 0.897. The topological polar surface area (TPSA) is 49.3 Å². The van der Waals surface area contributed by atoms with Crippen LogP contribution in [0.25, 0.3) is 0 Å². The van der Waals surface area contributed by atoms with Crippen molar-refractivity contribution in [3.63, 3.8) is 0 Å². The third-order valence-electron chi connectivity index (χ3n) is 4.29. The zero-order valence-corrected chi connectivity index (χ0v) is 13.5. The highest BCUT2D eigenvalue weighted by Gasteiger charge is 2.17. The Labute approximate surface area is 137 Å². The van der Waals surface area contributed by atoms with Crippen molar-refractivity contribution < 1.29 is 19.0 Å². The van der Waals surface area contributed by atoms with Crippen molar-refractivity contribution >= 4 is 6.21 Å². The van der Waals surface area contributed by atoms with Crippen LogP contribution in [0, 0.1) is 5.92 Å². The number of oxime groups is 1. The molecule has 0 aromatic heterocycles. The van der Waals surface area contributed by atoms with Crippen molar-refractivity contribution in [2.75, 3.05) is 26.4 Å². The lowest BCUT2D eigenvalue weighted by molar-refractivity contribution is -0.0684. The Morgan fingerprint density at radius 2 is 1.83 bits per heavy atom. The van der Waals surface area contributed by atoms with Gasteiger partial charge in [0.15, 0.2) is 6.29 Å². The van der Waals surface area contributed by atoms with E-state index >= 15 is 0 Å². The monoisotopic (exact) mass is 319 g/mol. The van der Waals surface area contributed by atoms with Crippen molar-refractivity contribution in [3.8, 4) is 5.75 Å². The standard InChI is InChI=1S/C18H25NO4/c1-2-6-15(7-3-1)13-23-19-12-16-8-4-5-9-17(16)22-14-18-20-10-11-21-18/h4-5,8-9,12,15,18H,1-3,6-7,10-11,13-14H2/b19-12+. The first-order valence-electron chi connectivity index (χ1n) is 8.52. The second-order valence-corrected chi connectivity index (χ2v) is 6.05. The first-order chi connectivity index (χ1) is 11.4. The smallest absolute Gasteiger partial charge is 0.191 e.